The fourth-order valence-electron chi connectivity index (χ4n) is 2.69. The van der Waals surface area contributed by atoms with Crippen LogP contribution in [0.15, 0.2) is 36.5 Å². The van der Waals surface area contributed by atoms with Gasteiger partial charge in [-0.1, -0.05) is 18.2 Å². The largest absolute Gasteiger partial charge is 0.463 e. The first-order valence-corrected chi connectivity index (χ1v) is 7.72. The van der Waals surface area contributed by atoms with Crippen LogP contribution in [0.25, 0.3) is 5.69 Å². The van der Waals surface area contributed by atoms with E-state index in [1.807, 2.05) is 48.4 Å². The lowest BCUT2D eigenvalue weighted by molar-refractivity contribution is -0.136. The van der Waals surface area contributed by atoms with Gasteiger partial charge in [-0.15, -0.1) is 5.10 Å². The Kier molecular flexibility index (Phi) is 4.13. The molecule has 0 aliphatic carbocycles. The molecule has 0 unspecified atom stereocenters. The van der Waals surface area contributed by atoms with Crippen LogP contribution in [0.3, 0.4) is 0 Å². The second-order valence-electron chi connectivity index (χ2n) is 5.69. The van der Waals surface area contributed by atoms with Gasteiger partial charge in [-0.3, -0.25) is 4.79 Å². The van der Waals surface area contributed by atoms with E-state index in [1.165, 1.54) is 0 Å². The number of hydrogen-bond acceptors (Lipinski definition) is 3. The zero-order valence-electron chi connectivity index (χ0n) is 13.0. The number of para-hydroxylation sites is 1. The van der Waals surface area contributed by atoms with Crippen molar-refractivity contribution in [2.75, 3.05) is 13.1 Å². The zero-order chi connectivity index (χ0) is 15.5. The fraction of sp³-hybridized carbons (Fsp3) is 0.412. The smallest absolute Gasteiger partial charge is 0.263 e. The summed E-state index contributed by atoms with van der Waals surface area (Å²) in [5, 5.41) is 4.45. The maximum atomic E-state index is 12.3. The molecule has 1 aromatic carbocycles. The van der Waals surface area contributed by atoms with E-state index in [0.717, 1.165) is 37.2 Å². The minimum Gasteiger partial charge on any atom is -0.463 e. The number of carbonyl (C=O) groups excluding carboxylic acids is 1. The van der Waals surface area contributed by atoms with Gasteiger partial charge in [-0.2, -0.15) is 0 Å². The van der Waals surface area contributed by atoms with Crippen LogP contribution < -0.4 is 4.74 Å². The van der Waals surface area contributed by atoms with Crippen LogP contribution in [0, 0.1) is 6.92 Å². The number of nitrogens with zero attached hydrogens (tertiary/aromatic N) is 3. The molecule has 5 heteroatoms. The van der Waals surface area contributed by atoms with Gasteiger partial charge in [-0.05, 0) is 38.8 Å². The van der Waals surface area contributed by atoms with Gasteiger partial charge in [-0.25, -0.2) is 4.68 Å². The van der Waals surface area contributed by atoms with Gasteiger partial charge in [0.15, 0.2) is 6.10 Å². The molecule has 0 spiro atoms. The lowest BCUT2D eigenvalue weighted by atomic mass is 10.3. The molecule has 5 nitrogen and oxygen atoms in total. The number of hydrogen-bond donors (Lipinski definition) is 0. The predicted octanol–water partition coefficient (Wildman–Crippen LogP) is 2.57. The summed E-state index contributed by atoms with van der Waals surface area (Å²) in [6.07, 6.45) is 3.58. The van der Waals surface area contributed by atoms with Gasteiger partial charge >= 0.3 is 0 Å². The van der Waals surface area contributed by atoms with Crippen LogP contribution in [0.5, 0.6) is 5.88 Å². The number of likely N-dealkylation sites (tertiary alicyclic amines) is 1. The second kappa shape index (κ2) is 6.22. The Morgan fingerprint density at radius 2 is 1.91 bits per heavy atom. The first kappa shape index (κ1) is 14.6. The molecule has 1 amide bonds. The van der Waals surface area contributed by atoms with Crippen LogP contribution in [0.4, 0.5) is 0 Å². The van der Waals surface area contributed by atoms with Gasteiger partial charge in [0, 0.05) is 24.8 Å². The van der Waals surface area contributed by atoms with E-state index < -0.39 is 6.10 Å². The van der Waals surface area contributed by atoms with Gasteiger partial charge in [0.05, 0.1) is 5.69 Å². The summed E-state index contributed by atoms with van der Waals surface area (Å²) in [6.45, 7) is 5.41. The highest BCUT2D eigenvalue weighted by molar-refractivity contribution is 5.81. The minimum absolute atomic E-state index is 0.0474. The highest BCUT2D eigenvalue weighted by Crippen LogP contribution is 2.20. The third kappa shape index (κ3) is 2.98. The molecule has 0 saturated carbocycles. The van der Waals surface area contributed by atoms with E-state index in [9.17, 15) is 4.79 Å². The first-order chi connectivity index (χ1) is 10.6. The quantitative estimate of drug-likeness (QED) is 0.871. The number of ether oxygens (including phenoxy) is 1. The highest BCUT2D eigenvalue weighted by atomic mass is 16.5. The Labute approximate surface area is 130 Å². The number of aromatic nitrogens is 2. The second-order valence-corrected chi connectivity index (χ2v) is 5.69. The molecule has 1 aromatic heterocycles. The lowest BCUT2D eigenvalue weighted by Gasteiger charge is -2.20. The standard InChI is InChI=1S/C17H21N3O2/c1-13-12-20(15-8-4-3-5-9-15)18-16(13)22-14(2)17(21)19-10-6-7-11-19/h3-5,8-9,12,14H,6-7,10-11H2,1-2H3/t14-/m0/s1. The molecule has 116 valence electrons. The molecular formula is C17H21N3O2. The fourth-order valence-corrected chi connectivity index (χ4v) is 2.69. The Morgan fingerprint density at radius 3 is 2.59 bits per heavy atom. The summed E-state index contributed by atoms with van der Waals surface area (Å²) in [6, 6.07) is 9.86. The Balaban J connectivity index is 1.72. The van der Waals surface area contributed by atoms with Crippen LogP contribution >= 0.6 is 0 Å². The summed E-state index contributed by atoms with van der Waals surface area (Å²) in [4.78, 5) is 14.2. The number of amides is 1. The average Bonchev–Trinajstić information content (AvgIpc) is 3.18. The Hall–Kier alpha value is -2.30. The van der Waals surface area contributed by atoms with E-state index in [2.05, 4.69) is 5.10 Å². The number of rotatable bonds is 4. The molecule has 2 heterocycles. The van der Waals surface area contributed by atoms with Gasteiger partial charge in [0.2, 0.25) is 5.88 Å². The molecule has 2 aromatic rings. The maximum Gasteiger partial charge on any atom is 0.263 e. The van der Waals surface area contributed by atoms with Crippen LogP contribution in [-0.4, -0.2) is 39.8 Å². The van der Waals surface area contributed by atoms with Gasteiger partial charge in [0.1, 0.15) is 0 Å². The Bertz CT molecular complexity index is 645. The molecule has 0 radical (unpaired) electrons. The van der Waals surface area contributed by atoms with Crippen molar-refractivity contribution >= 4 is 5.91 Å². The van der Waals surface area contributed by atoms with E-state index in [0.29, 0.717) is 5.88 Å². The third-order valence-electron chi connectivity index (χ3n) is 3.93. The molecular weight excluding hydrogens is 278 g/mol. The normalized spacial score (nSPS) is 15.8. The van der Waals surface area contributed by atoms with Crippen molar-refractivity contribution < 1.29 is 9.53 Å². The SMILES string of the molecule is Cc1cn(-c2ccccc2)nc1O[C@@H](C)C(=O)N1CCCC1. The number of benzene rings is 1. The van der Waals surface area contributed by atoms with Crippen LogP contribution in [-0.2, 0) is 4.79 Å². The van der Waals surface area contributed by atoms with E-state index >= 15 is 0 Å². The molecule has 22 heavy (non-hydrogen) atoms. The third-order valence-corrected chi connectivity index (χ3v) is 3.93. The van der Waals surface area contributed by atoms with E-state index in [-0.39, 0.29) is 5.91 Å². The van der Waals surface area contributed by atoms with Crippen molar-refractivity contribution in [3.63, 3.8) is 0 Å². The lowest BCUT2D eigenvalue weighted by Crippen LogP contribution is -2.38. The van der Waals surface area contributed by atoms with Crippen molar-refractivity contribution in [3.05, 3.63) is 42.1 Å². The zero-order valence-corrected chi connectivity index (χ0v) is 13.0. The molecule has 3 rings (SSSR count). The molecule has 0 N–H and O–H groups in total. The summed E-state index contributed by atoms with van der Waals surface area (Å²) < 4.78 is 7.57. The molecule has 1 atom stereocenters. The topological polar surface area (TPSA) is 47.4 Å². The van der Waals surface area contributed by atoms with Crippen molar-refractivity contribution in [1.29, 1.82) is 0 Å². The predicted molar refractivity (Wildman–Crippen MR) is 84.2 cm³/mol. The number of aryl methyl sites for hydroxylation is 1. The molecule has 1 fully saturated rings. The summed E-state index contributed by atoms with van der Waals surface area (Å²) in [5.74, 6) is 0.565. The van der Waals surface area contributed by atoms with Crippen molar-refractivity contribution in [2.24, 2.45) is 0 Å². The maximum absolute atomic E-state index is 12.3. The number of carbonyl (C=O) groups is 1. The highest BCUT2D eigenvalue weighted by Gasteiger charge is 2.25. The average molecular weight is 299 g/mol. The first-order valence-electron chi connectivity index (χ1n) is 7.72. The van der Waals surface area contributed by atoms with Gasteiger partial charge < -0.3 is 9.64 Å². The van der Waals surface area contributed by atoms with Crippen molar-refractivity contribution in [2.45, 2.75) is 32.8 Å². The van der Waals surface area contributed by atoms with Crippen molar-refractivity contribution in [3.8, 4) is 11.6 Å². The Morgan fingerprint density at radius 1 is 1.23 bits per heavy atom. The van der Waals surface area contributed by atoms with E-state index in [1.54, 1.807) is 11.6 Å². The minimum atomic E-state index is -0.504. The van der Waals surface area contributed by atoms with Gasteiger partial charge in [0.25, 0.3) is 5.91 Å². The van der Waals surface area contributed by atoms with E-state index in [4.69, 9.17) is 4.74 Å². The van der Waals surface area contributed by atoms with Crippen LogP contribution in [0.2, 0.25) is 0 Å². The monoisotopic (exact) mass is 299 g/mol. The van der Waals surface area contributed by atoms with Crippen LogP contribution in [0.1, 0.15) is 25.3 Å². The van der Waals surface area contributed by atoms with Crippen molar-refractivity contribution in [1.82, 2.24) is 14.7 Å². The molecule has 1 aliphatic heterocycles. The molecule has 1 saturated heterocycles. The summed E-state index contributed by atoms with van der Waals surface area (Å²) >= 11 is 0. The summed E-state index contributed by atoms with van der Waals surface area (Å²) in [7, 11) is 0. The molecule has 0 bridgehead atoms. The summed E-state index contributed by atoms with van der Waals surface area (Å²) in [5.41, 5.74) is 1.89. The molecule has 1 aliphatic rings.